The Morgan fingerprint density at radius 3 is 3.07 bits per heavy atom. The maximum absolute atomic E-state index is 11.1. The van der Waals surface area contributed by atoms with Gasteiger partial charge in [-0.25, -0.2) is 4.98 Å². The van der Waals surface area contributed by atoms with Gasteiger partial charge in [-0.1, -0.05) is 24.3 Å². The summed E-state index contributed by atoms with van der Waals surface area (Å²) in [6, 6.07) is 11.8. The molecule has 1 aromatic carbocycles. The Morgan fingerprint density at radius 2 is 2.30 bits per heavy atom. The summed E-state index contributed by atoms with van der Waals surface area (Å²) in [7, 11) is 0. The minimum Gasteiger partial charge on any atom is -0.463 e. The number of furan rings is 1. The molecule has 3 heterocycles. The molecule has 4 rings (SSSR count). The zero-order valence-corrected chi connectivity index (χ0v) is 17.2. The highest BCUT2D eigenvalue weighted by Gasteiger charge is 2.22. The van der Waals surface area contributed by atoms with Gasteiger partial charge >= 0.3 is 5.97 Å². The number of hydrogen-bond donors (Lipinski definition) is 0. The number of thiazole rings is 1. The largest absolute Gasteiger partial charge is 0.463 e. The Morgan fingerprint density at radius 1 is 1.40 bits per heavy atom. The molecule has 3 aromatic rings. The van der Waals surface area contributed by atoms with E-state index in [-0.39, 0.29) is 24.8 Å². The number of aromatic nitrogens is 1. The molecule has 7 heteroatoms. The Kier molecular flexibility index (Phi) is 6.07. The SMILES string of the molecule is CC(=O)OC[C@H]1C=CC[C@@H](c2ccc(C#N)c(Cc3ncc(-c4ccco4)s3)c2)O1. The number of esters is 1. The molecule has 0 spiro atoms. The number of carbonyl (C=O) groups excluding carboxylic acids is 1. The van der Waals surface area contributed by atoms with Crippen LogP contribution in [0.25, 0.3) is 10.6 Å². The second kappa shape index (κ2) is 9.08. The van der Waals surface area contributed by atoms with Crippen LogP contribution in [0.2, 0.25) is 0 Å². The lowest BCUT2D eigenvalue weighted by Gasteiger charge is -2.26. The highest BCUT2D eigenvalue weighted by atomic mass is 32.1. The smallest absolute Gasteiger partial charge is 0.302 e. The highest BCUT2D eigenvalue weighted by molar-refractivity contribution is 7.15. The summed E-state index contributed by atoms with van der Waals surface area (Å²) in [5.74, 6) is 0.460. The van der Waals surface area contributed by atoms with E-state index in [1.165, 1.54) is 6.92 Å². The van der Waals surface area contributed by atoms with Gasteiger partial charge in [0.2, 0.25) is 0 Å². The predicted molar refractivity (Wildman–Crippen MR) is 112 cm³/mol. The molecular formula is C23H20N2O4S. The normalized spacial score (nSPS) is 18.1. The third-order valence-electron chi connectivity index (χ3n) is 4.77. The van der Waals surface area contributed by atoms with Crippen molar-refractivity contribution in [2.24, 2.45) is 0 Å². The van der Waals surface area contributed by atoms with Crippen LogP contribution in [0.15, 0.2) is 59.4 Å². The zero-order valence-electron chi connectivity index (χ0n) is 16.4. The fraction of sp³-hybridized carbons (Fsp3) is 0.261. The molecule has 1 aliphatic heterocycles. The fourth-order valence-corrected chi connectivity index (χ4v) is 4.24. The maximum atomic E-state index is 11.1. The lowest BCUT2D eigenvalue weighted by molar-refractivity contribution is -0.145. The standard InChI is InChI=1S/C23H20N2O4S/c1-15(26)28-14-19-4-2-5-20(29-19)16-7-8-17(12-24)18(10-16)11-23-25-13-22(30-23)21-6-3-9-27-21/h2-4,6-10,13,19-20H,5,11,14H2,1H3/t19-,20+/m1/s1. The van der Waals surface area contributed by atoms with Crippen LogP contribution in [0.3, 0.4) is 0 Å². The van der Waals surface area contributed by atoms with Crippen molar-refractivity contribution < 1.29 is 18.7 Å². The molecule has 152 valence electrons. The van der Waals surface area contributed by atoms with E-state index in [1.54, 1.807) is 23.8 Å². The minimum atomic E-state index is -0.327. The number of carbonyl (C=O) groups is 1. The molecule has 6 nitrogen and oxygen atoms in total. The van der Waals surface area contributed by atoms with Gasteiger partial charge in [0, 0.05) is 19.5 Å². The molecular weight excluding hydrogens is 400 g/mol. The molecule has 2 aromatic heterocycles. The van der Waals surface area contributed by atoms with Crippen LogP contribution in [0, 0.1) is 11.3 Å². The van der Waals surface area contributed by atoms with Crippen molar-refractivity contribution in [3.05, 3.63) is 76.6 Å². The molecule has 1 aliphatic rings. The first kappa shape index (κ1) is 20.1. The minimum absolute atomic E-state index is 0.156. The van der Waals surface area contributed by atoms with Crippen LogP contribution in [0.5, 0.6) is 0 Å². The van der Waals surface area contributed by atoms with Crippen LogP contribution in [-0.2, 0) is 20.7 Å². The van der Waals surface area contributed by atoms with Crippen LogP contribution < -0.4 is 0 Å². The van der Waals surface area contributed by atoms with Crippen LogP contribution >= 0.6 is 11.3 Å². The van der Waals surface area contributed by atoms with Crippen molar-refractivity contribution in [1.29, 1.82) is 5.26 Å². The molecule has 30 heavy (non-hydrogen) atoms. The van der Waals surface area contributed by atoms with Gasteiger partial charge in [-0.15, -0.1) is 11.3 Å². The molecule has 0 saturated carbocycles. The van der Waals surface area contributed by atoms with Crippen molar-refractivity contribution in [2.75, 3.05) is 6.61 Å². The van der Waals surface area contributed by atoms with Crippen LogP contribution in [0.4, 0.5) is 0 Å². The average molecular weight is 420 g/mol. The molecule has 2 atom stereocenters. The molecule has 0 fully saturated rings. The summed E-state index contributed by atoms with van der Waals surface area (Å²) in [5.41, 5.74) is 2.52. The lowest BCUT2D eigenvalue weighted by Crippen LogP contribution is -2.24. The highest BCUT2D eigenvalue weighted by Crippen LogP contribution is 2.31. The third-order valence-corrected chi connectivity index (χ3v) is 5.78. The van der Waals surface area contributed by atoms with Crippen molar-refractivity contribution >= 4 is 17.3 Å². The van der Waals surface area contributed by atoms with E-state index in [0.29, 0.717) is 12.0 Å². The number of ether oxygens (including phenoxy) is 2. The van der Waals surface area contributed by atoms with Crippen LogP contribution in [0.1, 0.15) is 41.1 Å². The molecule has 0 radical (unpaired) electrons. The summed E-state index contributed by atoms with van der Waals surface area (Å²) in [6.45, 7) is 1.58. The Balaban J connectivity index is 1.52. The van der Waals surface area contributed by atoms with E-state index in [4.69, 9.17) is 13.9 Å². The third kappa shape index (κ3) is 4.67. The quantitative estimate of drug-likeness (QED) is 0.420. The van der Waals surface area contributed by atoms with E-state index >= 15 is 0 Å². The average Bonchev–Trinajstić information content (AvgIpc) is 3.44. The number of hydrogen-bond acceptors (Lipinski definition) is 7. The van der Waals surface area contributed by atoms with Crippen molar-refractivity contribution in [3.63, 3.8) is 0 Å². The molecule has 0 bridgehead atoms. The number of benzene rings is 1. The number of nitriles is 1. The summed E-state index contributed by atoms with van der Waals surface area (Å²) in [6.07, 6.45) is 8.23. The summed E-state index contributed by atoms with van der Waals surface area (Å²) >= 11 is 1.55. The lowest BCUT2D eigenvalue weighted by atomic mass is 9.97. The summed E-state index contributed by atoms with van der Waals surface area (Å²) in [4.78, 5) is 16.5. The second-order valence-electron chi connectivity index (χ2n) is 6.93. The van der Waals surface area contributed by atoms with E-state index in [1.807, 2.05) is 42.5 Å². The van der Waals surface area contributed by atoms with Crippen LogP contribution in [-0.4, -0.2) is 23.7 Å². The molecule has 0 amide bonds. The van der Waals surface area contributed by atoms with E-state index < -0.39 is 0 Å². The van der Waals surface area contributed by atoms with Gasteiger partial charge in [-0.05, 0) is 35.7 Å². The van der Waals surface area contributed by atoms with Gasteiger partial charge in [0.15, 0.2) is 0 Å². The zero-order chi connectivity index (χ0) is 20.9. The number of rotatable bonds is 6. The Bertz CT molecular complexity index is 1090. The molecule has 0 unspecified atom stereocenters. The fourth-order valence-electron chi connectivity index (χ4n) is 3.33. The second-order valence-corrected chi connectivity index (χ2v) is 8.05. The summed E-state index contributed by atoms with van der Waals surface area (Å²) in [5, 5.41) is 10.5. The number of nitrogens with zero attached hydrogens (tertiary/aromatic N) is 2. The maximum Gasteiger partial charge on any atom is 0.302 e. The Labute approximate surface area is 178 Å². The van der Waals surface area contributed by atoms with Crippen molar-refractivity contribution in [2.45, 2.75) is 32.0 Å². The molecule has 0 aliphatic carbocycles. The van der Waals surface area contributed by atoms with E-state index in [9.17, 15) is 10.1 Å². The van der Waals surface area contributed by atoms with E-state index in [2.05, 4.69) is 11.1 Å². The first-order valence-electron chi connectivity index (χ1n) is 9.59. The van der Waals surface area contributed by atoms with Gasteiger partial charge in [-0.2, -0.15) is 5.26 Å². The first-order chi connectivity index (χ1) is 14.6. The molecule has 0 N–H and O–H groups in total. The van der Waals surface area contributed by atoms with Gasteiger partial charge < -0.3 is 13.9 Å². The van der Waals surface area contributed by atoms with Crippen molar-refractivity contribution in [3.8, 4) is 16.7 Å². The first-order valence-corrected chi connectivity index (χ1v) is 10.4. The van der Waals surface area contributed by atoms with Gasteiger partial charge in [-0.3, -0.25) is 4.79 Å². The van der Waals surface area contributed by atoms with Crippen molar-refractivity contribution in [1.82, 2.24) is 4.98 Å². The molecule has 0 saturated heterocycles. The van der Waals surface area contributed by atoms with E-state index in [0.717, 1.165) is 33.2 Å². The summed E-state index contributed by atoms with van der Waals surface area (Å²) < 4.78 is 16.6. The van der Waals surface area contributed by atoms with Gasteiger partial charge in [0.05, 0.1) is 33.9 Å². The topological polar surface area (TPSA) is 85.4 Å². The predicted octanol–water partition coefficient (Wildman–Crippen LogP) is 4.81. The monoisotopic (exact) mass is 420 g/mol. The Hall–Kier alpha value is -3.21. The van der Waals surface area contributed by atoms with Gasteiger partial charge in [0.1, 0.15) is 18.5 Å². The van der Waals surface area contributed by atoms with Gasteiger partial charge in [0.25, 0.3) is 0 Å².